The van der Waals surface area contributed by atoms with E-state index in [9.17, 15) is 0 Å². The Morgan fingerprint density at radius 1 is 0.246 bits per heavy atom. The predicted molar refractivity (Wildman–Crippen MR) is 241 cm³/mol. The number of benzene rings is 9. The van der Waals surface area contributed by atoms with Crippen molar-refractivity contribution in [3.05, 3.63) is 224 Å². The molecule has 3 nitrogen and oxygen atoms in total. The van der Waals surface area contributed by atoms with Crippen LogP contribution in [0.2, 0.25) is 0 Å². The molecular formula is C54H37N3. The number of nitrogens with zero attached hydrogens (tertiary/aromatic N) is 3. The van der Waals surface area contributed by atoms with Gasteiger partial charge >= 0.3 is 0 Å². The molecule has 0 atom stereocenters. The van der Waals surface area contributed by atoms with Gasteiger partial charge in [-0.25, -0.2) is 0 Å². The maximum atomic E-state index is 2.41. The third-order valence-electron chi connectivity index (χ3n) is 11.3. The summed E-state index contributed by atoms with van der Waals surface area (Å²) in [5.74, 6) is 0. The highest BCUT2D eigenvalue weighted by Crippen LogP contribution is 2.40. The zero-order valence-corrected chi connectivity index (χ0v) is 31.2. The van der Waals surface area contributed by atoms with Crippen LogP contribution in [0.25, 0.3) is 77.2 Å². The standard InChI is InChI=1S/C54H37N3/c1-3-15-38(16-4-1)40-17-13-20-44(35-40)55(42-18-5-2-6-19-42)43-32-29-39(30-33-43)41-31-34-54-50(36-41)49-25-9-12-28-53(49)57(54)46-22-14-21-45(37-46)56-51-26-10-7-23-47(51)48-24-8-11-27-52(48)56/h1-37H. The summed E-state index contributed by atoms with van der Waals surface area (Å²) < 4.78 is 4.80. The van der Waals surface area contributed by atoms with Crippen molar-refractivity contribution in [2.24, 2.45) is 0 Å². The Kier molecular flexibility index (Phi) is 7.82. The summed E-state index contributed by atoms with van der Waals surface area (Å²) in [5, 5.41) is 5.00. The van der Waals surface area contributed by atoms with Crippen molar-refractivity contribution in [2.45, 2.75) is 0 Å². The van der Waals surface area contributed by atoms with Gasteiger partial charge in [-0.2, -0.15) is 0 Å². The van der Waals surface area contributed by atoms with Crippen molar-refractivity contribution >= 4 is 60.7 Å². The fourth-order valence-electron chi connectivity index (χ4n) is 8.68. The van der Waals surface area contributed by atoms with Crippen LogP contribution in [0.5, 0.6) is 0 Å². The Bertz CT molecular complexity index is 3170. The van der Waals surface area contributed by atoms with Crippen LogP contribution >= 0.6 is 0 Å². The van der Waals surface area contributed by atoms with Gasteiger partial charge < -0.3 is 14.0 Å². The van der Waals surface area contributed by atoms with Crippen LogP contribution in [-0.4, -0.2) is 9.13 Å². The number of anilines is 3. The van der Waals surface area contributed by atoms with E-state index < -0.39 is 0 Å². The molecule has 268 valence electrons. The van der Waals surface area contributed by atoms with Gasteiger partial charge in [-0.3, -0.25) is 0 Å². The molecule has 57 heavy (non-hydrogen) atoms. The fourth-order valence-corrected chi connectivity index (χ4v) is 8.68. The predicted octanol–water partition coefficient (Wildman–Crippen LogP) is 14.7. The minimum absolute atomic E-state index is 1.11. The van der Waals surface area contributed by atoms with E-state index in [4.69, 9.17) is 0 Å². The van der Waals surface area contributed by atoms with Crippen LogP contribution in [0.4, 0.5) is 17.1 Å². The van der Waals surface area contributed by atoms with Crippen molar-refractivity contribution in [1.82, 2.24) is 9.13 Å². The summed E-state index contributed by atoms with van der Waals surface area (Å²) in [6.07, 6.45) is 0. The Morgan fingerprint density at radius 2 is 0.667 bits per heavy atom. The van der Waals surface area contributed by atoms with Gasteiger partial charge in [0.2, 0.25) is 0 Å². The van der Waals surface area contributed by atoms with E-state index >= 15 is 0 Å². The molecule has 0 spiro atoms. The maximum absolute atomic E-state index is 2.41. The first kappa shape index (κ1) is 32.8. The number of para-hydroxylation sites is 4. The normalized spacial score (nSPS) is 11.5. The highest BCUT2D eigenvalue weighted by molar-refractivity contribution is 6.11. The molecule has 2 aromatic heterocycles. The molecule has 0 radical (unpaired) electrons. The highest BCUT2D eigenvalue weighted by Gasteiger charge is 2.17. The molecule has 2 heterocycles. The van der Waals surface area contributed by atoms with Crippen LogP contribution in [0, 0.1) is 0 Å². The lowest BCUT2D eigenvalue weighted by Gasteiger charge is -2.26. The van der Waals surface area contributed by atoms with Gasteiger partial charge in [0, 0.05) is 50.0 Å². The monoisotopic (exact) mass is 727 g/mol. The molecule has 0 aliphatic carbocycles. The van der Waals surface area contributed by atoms with Gasteiger partial charge in [0.15, 0.2) is 0 Å². The smallest absolute Gasteiger partial charge is 0.0541 e. The maximum Gasteiger partial charge on any atom is 0.0541 e. The van der Waals surface area contributed by atoms with Crippen molar-refractivity contribution in [3.8, 4) is 33.6 Å². The summed E-state index contributed by atoms with van der Waals surface area (Å²) in [6.45, 7) is 0. The molecule has 0 N–H and O–H groups in total. The number of fused-ring (bicyclic) bond motifs is 6. The molecular weight excluding hydrogens is 691 g/mol. The Balaban J connectivity index is 0.993. The highest BCUT2D eigenvalue weighted by atomic mass is 15.1. The second-order valence-corrected chi connectivity index (χ2v) is 14.6. The summed E-state index contributed by atoms with van der Waals surface area (Å²) in [7, 11) is 0. The third kappa shape index (κ3) is 5.60. The van der Waals surface area contributed by atoms with Crippen molar-refractivity contribution in [1.29, 1.82) is 0 Å². The minimum atomic E-state index is 1.11. The average molecular weight is 728 g/mol. The zero-order chi connectivity index (χ0) is 37.7. The molecule has 0 saturated carbocycles. The first-order chi connectivity index (χ1) is 28.3. The Morgan fingerprint density at radius 3 is 1.30 bits per heavy atom. The SMILES string of the molecule is c1ccc(-c2cccc(N(c3ccccc3)c3ccc(-c4ccc5c(c4)c4ccccc4n5-c4cccc(-n5c6ccccc6c6ccccc65)c4)cc3)c2)cc1. The van der Waals surface area contributed by atoms with Crippen LogP contribution < -0.4 is 4.90 Å². The molecule has 11 rings (SSSR count). The number of hydrogen-bond acceptors (Lipinski definition) is 1. The molecule has 0 fully saturated rings. The number of aromatic nitrogens is 2. The van der Waals surface area contributed by atoms with Crippen molar-refractivity contribution < 1.29 is 0 Å². The molecule has 0 amide bonds. The van der Waals surface area contributed by atoms with E-state index in [0.29, 0.717) is 0 Å². The number of hydrogen-bond donors (Lipinski definition) is 0. The van der Waals surface area contributed by atoms with E-state index in [2.05, 4.69) is 238 Å². The third-order valence-corrected chi connectivity index (χ3v) is 11.3. The summed E-state index contributed by atoms with van der Waals surface area (Å²) >= 11 is 0. The Labute approximate surface area is 331 Å². The molecule has 0 aliphatic rings. The van der Waals surface area contributed by atoms with Gasteiger partial charge in [0.05, 0.1) is 22.1 Å². The summed E-state index contributed by atoms with van der Waals surface area (Å²) in [5.41, 5.74) is 15.2. The lowest BCUT2D eigenvalue weighted by molar-refractivity contribution is 1.13. The summed E-state index contributed by atoms with van der Waals surface area (Å²) in [4.78, 5) is 2.33. The van der Waals surface area contributed by atoms with Gasteiger partial charge in [-0.15, -0.1) is 0 Å². The van der Waals surface area contributed by atoms with Crippen molar-refractivity contribution in [2.75, 3.05) is 4.90 Å². The molecule has 0 bridgehead atoms. The van der Waals surface area contributed by atoms with E-state index in [-0.39, 0.29) is 0 Å². The van der Waals surface area contributed by atoms with Gasteiger partial charge in [-0.05, 0) is 107 Å². The molecule has 0 saturated heterocycles. The van der Waals surface area contributed by atoms with Crippen molar-refractivity contribution in [3.63, 3.8) is 0 Å². The Hall–Kier alpha value is -7.62. The van der Waals surface area contributed by atoms with Crippen LogP contribution in [0.3, 0.4) is 0 Å². The summed E-state index contributed by atoms with van der Waals surface area (Å²) in [6, 6.07) is 81.0. The molecule has 9 aromatic carbocycles. The van der Waals surface area contributed by atoms with E-state index in [1.165, 1.54) is 65.9 Å². The van der Waals surface area contributed by atoms with Gasteiger partial charge in [0.1, 0.15) is 0 Å². The van der Waals surface area contributed by atoms with Gasteiger partial charge in [-0.1, -0.05) is 140 Å². The zero-order valence-electron chi connectivity index (χ0n) is 31.2. The quantitative estimate of drug-likeness (QED) is 0.159. The second-order valence-electron chi connectivity index (χ2n) is 14.6. The van der Waals surface area contributed by atoms with Crippen LogP contribution in [0.1, 0.15) is 0 Å². The van der Waals surface area contributed by atoms with E-state index in [0.717, 1.165) is 28.4 Å². The lowest BCUT2D eigenvalue weighted by atomic mass is 10.0. The topological polar surface area (TPSA) is 13.1 Å². The first-order valence-corrected chi connectivity index (χ1v) is 19.5. The molecule has 11 aromatic rings. The molecule has 0 aliphatic heterocycles. The average Bonchev–Trinajstić information content (AvgIpc) is 3.80. The van der Waals surface area contributed by atoms with E-state index in [1.54, 1.807) is 0 Å². The lowest BCUT2D eigenvalue weighted by Crippen LogP contribution is -2.09. The fraction of sp³-hybridized carbons (Fsp3) is 0. The van der Waals surface area contributed by atoms with Crippen LogP contribution in [-0.2, 0) is 0 Å². The largest absolute Gasteiger partial charge is 0.310 e. The minimum Gasteiger partial charge on any atom is -0.310 e. The number of rotatable bonds is 7. The molecule has 3 heteroatoms. The van der Waals surface area contributed by atoms with Crippen LogP contribution in [0.15, 0.2) is 224 Å². The first-order valence-electron chi connectivity index (χ1n) is 19.5. The molecule has 0 unspecified atom stereocenters. The van der Waals surface area contributed by atoms with E-state index in [1.807, 2.05) is 0 Å². The van der Waals surface area contributed by atoms with Gasteiger partial charge in [0.25, 0.3) is 0 Å². The second kappa shape index (κ2) is 13.6.